The number of hydrogen-bond donors (Lipinski definition) is 2. The van der Waals surface area contributed by atoms with Crippen molar-refractivity contribution in [2.75, 3.05) is 5.32 Å². The zero-order valence-corrected chi connectivity index (χ0v) is 13.2. The lowest BCUT2D eigenvalue weighted by molar-refractivity contribution is 0.101. The number of rotatable bonds is 5. The Morgan fingerprint density at radius 3 is 2.75 bits per heavy atom. The maximum atomic E-state index is 11.7. The van der Waals surface area contributed by atoms with E-state index in [1.165, 1.54) is 6.92 Å². The summed E-state index contributed by atoms with van der Waals surface area (Å²) in [6.45, 7) is 1.94. The van der Waals surface area contributed by atoms with E-state index in [0.29, 0.717) is 23.4 Å². The van der Waals surface area contributed by atoms with Crippen molar-refractivity contribution in [2.45, 2.75) is 13.5 Å². The molecule has 3 rings (SSSR count). The highest BCUT2D eigenvalue weighted by Gasteiger charge is 2.09. The first-order valence-corrected chi connectivity index (χ1v) is 7.55. The van der Waals surface area contributed by atoms with Crippen LogP contribution in [-0.2, 0) is 6.54 Å². The normalized spacial score (nSPS) is 10.2. The highest BCUT2D eigenvalue weighted by Crippen LogP contribution is 2.20. The number of H-pyrrole nitrogens is 1. The summed E-state index contributed by atoms with van der Waals surface area (Å²) in [6.07, 6.45) is 1.78. The molecule has 0 aliphatic rings. The van der Waals surface area contributed by atoms with Gasteiger partial charge in [-0.2, -0.15) is 5.26 Å². The molecule has 0 atom stereocenters. The zero-order chi connectivity index (χ0) is 16.9. The second-order valence-corrected chi connectivity index (χ2v) is 5.39. The number of aromatic nitrogens is 2. The van der Waals surface area contributed by atoms with Crippen LogP contribution in [0.5, 0.6) is 0 Å². The summed E-state index contributed by atoms with van der Waals surface area (Å²) >= 11 is 0. The number of Topliss-reactive ketones (excluding diaryl/α,β-unsaturated/α-hetero) is 1. The minimum Gasteiger partial charge on any atom is -0.377 e. The Morgan fingerprint density at radius 1 is 1.25 bits per heavy atom. The fourth-order valence-electron chi connectivity index (χ4n) is 2.46. The van der Waals surface area contributed by atoms with Gasteiger partial charge in [-0.3, -0.25) is 4.79 Å². The summed E-state index contributed by atoms with van der Waals surface area (Å²) in [5.41, 5.74) is 3.70. The maximum Gasteiger partial charge on any atom is 0.161 e. The van der Waals surface area contributed by atoms with Gasteiger partial charge in [0.2, 0.25) is 0 Å². The van der Waals surface area contributed by atoms with E-state index >= 15 is 0 Å². The van der Waals surface area contributed by atoms with Crippen LogP contribution in [-0.4, -0.2) is 15.8 Å². The largest absolute Gasteiger partial charge is 0.377 e. The van der Waals surface area contributed by atoms with Gasteiger partial charge in [0.1, 0.15) is 5.82 Å². The quantitative estimate of drug-likeness (QED) is 0.702. The molecule has 0 saturated carbocycles. The highest BCUT2D eigenvalue weighted by atomic mass is 16.1. The molecule has 1 heterocycles. The lowest BCUT2D eigenvalue weighted by Gasteiger charge is -2.09. The van der Waals surface area contributed by atoms with Crippen molar-refractivity contribution >= 4 is 11.5 Å². The fraction of sp³-hybridized carbons (Fsp3) is 0.105. The maximum absolute atomic E-state index is 11.7. The van der Waals surface area contributed by atoms with Crippen LogP contribution < -0.4 is 5.32 Å². The van der Waals surface area contributed by atoms with Crippen LogP contribution in [0.2, 0.25) is 0 Å². The van der Waals surface area contributed by atoms with Crippen molar-refractivity contribution in [3.63, 3.8) is 0 Å². The summed E-state index contributed by atoms with van der Waals surface area (Å²) in [6, 6.07) is 17.0. The summed E-state index contributed by atoms with van der Waals surface area (Å²) < 4.78 is 0. The first kappa shape index (κ1) is 15.5. The molecule has 0 amide bonds. The van der Waals surface area contributed by atoms with Gasteiger partial charge in [0.25, 0.3) is 0 Å². The molecule has 5 nitrogen and oxygen atoms in total. The minimum absolute atomic E-state index is 0.0496. The van der Waals surface area contributed by atoms with Crippen molar-refractivity contribution in [3.05, 3.63) is 71.7 Å². The Kier molecular flexibility index (Phi) is 4.39. The van der Waals surface area contributed by atoms with Crippen LogP contribution in [0.3, 0.4) is 0 Å². The van der Waals surface area contributed by atoms with E-state index in [9.17, 15) is 4.79 Å². The first-order valence-electron chi connectivity index (χ1n) is 7.55. The van der Waals surface area contributed by atoms with Crippen molar-refractivity contribution in [1.29, 1.82) is 5.26 Å². The van der Waals surface area contributed by atoms with Crippen LogP contribution in [0.15, 0.2) is 54.7 Å². The fourth-order valence-corrected chi connectivity index (χ4v) is 2.46. The molecule has 5 heteroatoms. The summed E-state index contributed by atoms with van der Waals surface area (Å²) in [5, 5.41) is 12.2. The van der Waals surface area contributed by atoms with Gasteiger partial charge >= 0.3 is 0 Å². The number of hydrogen-bond acceptors (Lipinski definition) is 4. The van der Waals surface area contributed by atoms with E-state index in [1.807, 2.05) is 30.3 Å². The van der Waals surface area contributed by atoms with E-state index in [-0.39, 0.29) is 5.78 Å². The van der Waals surface area contributed by atoms with Gasteiger partial charge in [-0.05, 0) is 30.7 Å². The molecule has 1 aromatic heterocycles. The summed E-state index contributed by atoms with van der Waals surface area (Å²) in [4.78, 5) is 19.3. The van der Waals surface area contributed by atoms with Crippen LogP contribution in [0.25, 0.3) is 11.3 Å². The van der Waals surface area contributed by atoms with E-state index in [2.05, 4.69) is 21.4 Å². The van der Waals surface area contributed by atoms with E-state index in [1.54, 1.807) is 24.4 Å². The second kappa shape index (κ2) is 6.80. The third-order valence-corrected chi connectivity index (χ3v) is 3.69. The van der Waals surface area contributed by atoms with Crippen LogP contribution in [0.4, 0.5) is 5.69 Å². The number of carbonyl (C=O) groups excluding carboxylic acids is 1. The van der Waals surface area contributed by atoms with E-state index in [4.69, 9.17) is 5.26 Å². The number of ketones is 1. The number of benzene rings is 2. The molecule has 0 spiro atoms. The zero-order valence-electron chi connectivity index (χ0n) is 13.2. The monoisotopic (exact) mass is 316 g/mol. The molecule has 24 heavy (non-hydrogen) atoms. The lowest BCUT2D eigenvalue weighted by atomic mass is 10.1. The van der Waals surface area contributed by atoms with Crippen LogP contribution >= 0.6 is 0 Å². The van der Waals surface area contributed by atoms with E-state index < -0.39 is 0 Å². The smallest absolute Gasteiger partial charge is 0.161 e. The Hall–Kier alpha value is -3.39. The summed E-state index contributed by atoms with van der Waals surface area (Å²) in [5.74, 6) is 0.706. The molecular formula is C19H16N4O. The van der Waals surface area contributed by atoms with Crippen molar-refractivity contribution in [3.8, 4) is 17.3 Å². The SMILES string of the molecule is CC(=O)c1ccc(C#N)cc1NCc1ncc(-c2ccccc2)[nH]1. The molecule has 2 aromatic carbocycles. The predicted molar refractivity (Wildman–Crippen MR) is 92.5 cm³/mol. The molecule has 0 fully saturated rings. The average Bonchev–Trinajstić information content (AvgIpc) is 3.09. The summed E-state index contributed by atoms with van der Waals surface area (Å²) in [7, 11) is 0. The molecule has 0 aliphatic carbocycles. The van der Waals surface area contributed by atoms with Crippen LogP contribution in [0, 0.1) is 11.3 Å². The average molecular weight is 316 g/mol. The van der Waals surface area contributed by atoms with Gasteiger partial charge in [0.05, 0.1) is 30.1 Å². The minimum atomic E-state index is -0.0496. The number of nitrogens with one attached hydrogen (secondary N) is 2. The number of aromatic amines is 1. The molecule has 0 radical (unpaired) electrons. The van der Waals surface area contributed by atoms with Crippen molar-refractivity contribution in [1.82, 2.24) is 9.97 Å². The first-order chi connectivity index (χ1) is 11.7. The lowest BCUT2D eigenvalue weighted by Crippen LogP contribution is -2.06. The predicted octanol–water partition coefficient (Wildman–Crippen LogP) is 3.76. The Morgan fingerprint density at radius 2 is 2.04 bits per heavy atom. The molecular weight excluding hydrogens is 300 g/mol. The van der Waals surface area contributed by atoms with Crippen molar-refractivity contribution < 1.29 is 4.79 Å². The number of anilines is 1. The third-order valence-electron chi connectivity index (χ3n) is 3.69. The second-order valence-electron chi connectivity index (χ2n) is 5.39. The van der Waals surface area contributed by atoms with Gasteiger partial charge < -0.3 is 10.3 Å². The Balaban J connectivity index is 1.78. The van der Waals surface area contributed by atoms with E-state index in [0.717, 1.165) is 17.1 Å². The van der Waals surface area contributed by atoms with Gasteiger partial charge in [-0.15, -0.1) is 0 Å². The van der Waals surface area contributed by atoms with Crippen LogP contribution in [0.1, 0.15) is 28.7 Å². The van der Waals surface area contributed by atoms with Gasteiger partial charge in [0, 0.05) is 11.3 Å². The molecule has 0 aliphatic heterocycles. The molecule has 3 aromatic rings. The number of nitrogens with zero attached hydrogens (tertiary/aromatic N) is 2. The molecule has 0 bridgehead atoms. The molecule has 0 unspecified atom stereocenters. The van der Waals surface area contributed by atoms with Gasteiger partial charge in [-0.25, -0.2) is 4.98 Å². The van der Waals surface area contributed by atoms with Gasteiger partial charge in [-0.1, -0.05) is 30.3 Å². The standard InChI is InChI=1S/C19H16N4O/c1-13(24)16-8-7-14(10-20)9-17(16)21-12-19-22-11-18(23-19)15-5-3-2-4-6-15/h2-9,11,21H,12H2,1H3,(H,22,23). The molecule has 0 saturated heterocycles. The number of nitriles is 1. The highest BCUT2D eigenvalue weighted by molar-refractivity contribution is 5.99. The van der Waals surface area contributed by atoms with Gasteiger partial charge in [0.15, 0.2) is 5.78 Å². The van der Waals surface area contributed by atoms with Crippen molar-refractivity contribution in [2.24, 2.45) is 0 Å². The Bertz CT molecular complexity index is 907. The molecule has 118 valence electrons. The molecule has 2 N–H and O–H groups in total. The number of carbonyl (C=O) groups is 1. The topological polar surface area (TPSA) is 81.6 Å². The number of imidazole rings is 1. The third kappa shape index (κ3) is 3.33. The Labute approximate surface area is 140 Å².